The van der Waals surface area contributed by atoms with Crippen LogP contribution in [0.25, 0.3) is 0 Å². The molecule has 0 spiro atoms. The van der Waals surface area contributed by atoms with Crippen molar-refractivity contribution in [2.75, 3.05) is 10.6 Å². The summed E-state index contributed by atoms with van der Waals surface area (Å²) in [5.41, 5.74) is -0.117. The van der Waals surface area contributed by atoms with Crippen LogP contribution in [0.2, 0.25) is 0 Å². The molecule has 1 aromatic heterocycles. The molecule has 0 saturated carbocycles. The maximum Gasteiger partial charge on any atom is 0.412 e. The Labute approximate surface area is 162 Å². The van der Waals surface area contributed by atoms with E-state index in [1.54, 1.807) is 39.0 Å². The van der Waals surface area contributed by atoms with Crippen LogP contribution in [-0.4, -0.2) is 39.6 Å². The average Bonchev–Trinajstić information content (AvgIpc) is 2.61. The number of rotatable bonds is 5. The fourth-order valence-corrected chi connectivity index (χ4v) is 2.00. The Kier molecular flexibility index (Phi) is 6.64. The second-order valence-corrected chi connectivity index (χ2v) is 6.82. The fraction of sp³-hybridized carbons (Fsp3) is 0.316. The molecule has 0 fully saturated rings. The van der Waals surface area contributed by atoms with Gasteiger partial charge in [0.1, 0.15) is 5.60 Å². The van der Waals surface area contributed by atoms with Gasteiger partial charge in [-0.25, -0.2) is 19.6 Å². The van der Waals surface area contributed by atoms with Gasteiger partial charge in [0.25, 0.3) is 5.91 Å². The molecule has 2 aromatic rings. The Balaban J connectivity index is 1.96. The van der Waals surface area contributed by atoms with Crippen molar-refractivity contribution in [3.8, 4) is 0 Å². The van der Waals surface area contributed by atoms with Gasteiger partial charge in [-0.2, -0.15) is 0 Å². The minimum atomic E-state index is -1.07. The van der Waals surface area contributed by atoms with E-state index in [9.17, 15) is 14.4 Å². The Bertz CT molecular complexity index is 849. The van der Waals surface area contributed by atoms with E-state index >= 15 is 0 Å². The van der Waals surface area contributed by atoms with Gasteiger partial charge >= 0.3 is 12.1 Å². The fourth-order valence-electron chi connectivity index (χ4n) is 2.00. The number of aromatic nitrogens is 2. The van der Waals surface area contributed by atoms with Gasteiger partial charge in [0.15, 0.2) is 6.10 Å². The highest BCUT2D eigenvalue weighted by Crippen LogP contribution is 2.15. The summed E-state index contributed by atoms with van der Waals surface area (Å²) in [5.74, 6) is -1.17. The van der Waals surface area contributed by atoms with Crippen LogP contribution in [0, 0.1) is 0 Å². The predicted molar refractivity (Wildman–Crippen MR) is 102 cm³/mol. The number of esters is 1. The molecule has 0 saturated heterocycles. The first-order chi connectivity index (χ1) is 13.1. The van der Waals surface area contributed by atoms with Crippen LogP contribution >= 0.6 is 0 Å². The highest BCUT2D eigenvalue weighted by Gasteiger charge is 2.21. The molecule has 28 heavy (non-hydrogen) atoms. The first kappa shape index (κ1) is 20.8. The molecule has 0 bridgehead atoms. The van der Waals surface area contributed by atoms with Crippen molar-refractivity contribution in [3.63, 3.8) is 0 Å². The molecule has 0 aliphatic heterocycles. The van der Waals surface area contributed by atoms with Crippen LogP contribution < -0.4 is 10.6 Å². The van der Waals surface area contributed by atoms with Gasteiger partial charge in [-0.1, -0.05) is 6.07 Å². The van der Waals surface area contributed by atoms with E-state index < -0.39 is 29.7 Å². The molecule has 2 amide bonds. The van der Waals surface area contributed by atoms with Gasteiger partial charge in [-0.05, 0) is 52.0 Å². The molecule has 1 unspecified atom stereocenters. The summed E-state index contributed by atoms with van der Waals surface area (Å²) in [6, 6.07) is 7.72. The Morgan fingerprint density at radius 2 is 1.71 bits per heavy atom. The average molecular weight is 386 g/mol. The molecule has 9 heteroatoms. The molecule has 148 valence electrons. The highest BCUT2D eigenvalue weighted by atomic mass is 16.6. The smallest absolute Gasteiger partial charge is 0.412 e. The van der Waals surface area contributed by atoms with Gasteiger partial charge in [0.05, 0.1) is 5.56 Å². The second-order valence-electron chi connectivity index (χ2n) is 6.82. The quantitative estimate of drug-likeness (QED) is 0.758. The topological polar surface area (TPSA) is 120 Å². The van der Waals surface area contributed by atoms with Crippen LogP contribution in [0.4, 0.5) is 16.4 Å². The highest BCUT2D eigenvalue weighted by molar-refractivity contribution is 5.97. The number of amides is 2. The molecule has 2 rings (SSSR count). The molecule has 1 atom stereocenters. The number of hydrogen-bond acceptors (Lipinski definition) is 7. The van der Waals surface area contributed by atoms with Crippen molar-refractivity contribution in [3.05, 3.63) is 48.3 Å². The van der Waals surface area contributed by atoms with Crippen LogP contribution in [0.3, 0.4) is 0 Å². The van der Waals surface area contributed by atoms with Crippen molar-refractivity contribution >= 4 is 29.6 Å². The molecule has 1 heterocycles. The molecule has 9 nitrogen and oxygen atoms in total. The predicted octanol–water partition coefficient (Wildman–Crippen LogP) is 3.01. The largest absolute Gasteiger partial charge is 0.449 e. The van der Waals surface area contributed by atoms with Crippen molar-refractivity contribution in [2.24, 2.45) is 0 Å². The van der Waals surface area contributed by atoms with Crippen molar-refractivity contribution in [2.45, 2.75) is 39.4 Å². The van der Waals surface area contributed by atoms with E-state index in [1.165, 1.54) is 31.5 Å². The molecule has 0 aliphatic carbocycles. The van der Waals surface area contributed by atoms with Crippen LogP contribution in [-0.2, 0) is 14.3 Å². The van der Waals surface area contributed by atoms with E-state index in [0.717, 1.165) is 0 Å². The number of hydrogen-bond donors (Lipinski definition) is 2. The zero-order chi connectivity index (χ0) is 20.7. The third-order valence-corrected chi connectivity index (χ3v) is 3.20. The third-order valence-electron chi connectivity index (χ3n) is 3.20. The number of carbonyl (C=O) groups is 3. The van der Waals surface area contributed by atoms with E-state index in [2.05, 4.69) is 20.6 Å². The lowest BCUT2D eigenvalue weighted by Crippen LogP contribution is -2.30. The van der Waals surface area contributed by atoms with Gasteiger partial charge in [0.2, 0.25) is 5.95 Å². The molecule has 1 aromatic carbocycles. The van der Waals surface area contributed by atoms with E-state index in [1.807, 2.05) is 0 Å². The minimum Gasteiger partial charge on any atom is -0.449 e. The number of nitrogens with zero attached hydrogens (tertiary/aromatic N) is 2. The lowest BCUT2D eigenvalue weighted by molar-refractivity contribution is -0.123. The summed E-state index contributed by atoms with van der Waals surface area (Å²) in [5, 5.41) is 4.98. The summed E-state index contributed by atoms with van der Waals surface area (Å²) >= 11 is 0. The van der Waals surface area contributed by atoms with Gasteiger partial charge in [-0.3, -0.25) is 15.4 Å². The normalized spacial score (nSPS) is 11.9. The molecular weight excluding hydrogens is 364 g/mol. The Morgan fingerprint density at radius 1 is 1.04 bits per heavy atom. The number of nitrogens with one attached hydrogen (secondary N) is 2. The number of anilines is 2. The summed E-state index contributed by atoms with van der Waals surface area (Å²) in [7, 11) is 0. The summed E-state index contributed by atoms with van der Waals surface area (Å²) in [4.78, 5) is 44.0. The molecular formula is C19H22N4O5. The van der Waals surface area contributed by atoms with Crippen LogP contribution in [0.1, 0.15) is 38.1 Å². The van der Waals surface area contributed by atoms with E-state index in [0.29, 0.717) is 5.69 Å². The molecule has 2 N–H and O–H groups in total. The summed E-state index contributed by atoms with van der Waals surface area (Å²) in [6.45, 7) is 6.66. The van der Waals surface area contributed by atoms with Crippen molar-refractivity contribution < 1.29 is 23.9 Å². The molecule has 0 radical (unpaired) electrons. The van der Waals surface area contributed by atoms with E-state index in [-0.39, 0.29) is 11.5 Å². The number of carbonyl (C=O) groups excluding carboxylic acids is 3. The summed E-state index contributed by atoms with van der Waals surface area (Å²) < 4.78 is 10.3. The first-order valence-corrected chi connectivity index (χ1v) is 8.53. The second kappa shape index (κ2) is 8.94. The minimum absolute atomic E-state index is 0.110. The van der Waals surface area contributed by atoms with Crippen molar-refractivity contribution in [1.82, 2.24) is 9.97 Å². The maximum atomic E-state index is 12.3. The first-order valence-electron chi connectivity index (χ1n) is 8.53. The Morgan fingerprint density at radius 3 is 2.36 bits per heavy atom. The zero-order valence-electron chi connectivity index (χ0n) is 16.1. The van der Waals surface area contributed by atoms with Crippen LogP contribution in [0.15, 0.2) is 42.7 Å². The van der Waals surface area contributed by atoms with Crippen molar-refractivity contribution in [1.29, 1.82) is 0 Å². The Hall–Kier alpha value is -3.49. The van der Waals surface area contributed by atoms with E-state index in [4.69, 9.17) is 9.47 Å². The lowest BCUT2D eigenvalue weighted by atomic mass is 10.2. The number of benzene rings is 1. The lowest BCUT2D eigenvalue weighted by Gasteiger charge is -2.19. The number of ether oxygens (including phenoxy) is 2. The monoisotopic (exact) mass is 386 g/mol. The SMILES string of the molecule is CC(OC(=O)c1cccc(NC(=O)OC(C)(C)C)c1)C(=O)Nc1ncccn1. The van der Waals surface area contributed by atoms with Gasteiger partial charge in [0, 0.05) is 18.1 Å². The third kappa shape index (κ3) is 6.67. The maximum absolute atomic E-state index is 12.3. The standard InChI is InChI=1S/C19H22N4O5/c1-12(15(24)23-17-20-9-6-10-21-17)27-16(25)13-7-5-8-14(11-13)22-18(26)28-19(2,3)4/h5-12H,1-4H3,(H,22,26)(H,20,21,23,24). The van der Waals surface area contributed by atoms with Crippen LogP contribution in [0.5, 0.6) is 0 Å². The summed E-state index contributed by atoms with van der Waals surface area (Å²) in [6.07, 6.45) is 1.23. The zero-order valence-corrected chi connectivity index (χ0v) is 16.1. The van der Waals surface area contributed by atoms with Gasteiger partial charge < -0.3 is 9.47 Å². The molecule has 0 aliphatic rings. The van der Waals surface area contributed by atoms with Gasteiger partial charge in [-0.15, -0.1) is 0 Å².